The molecule has 1 aliphatic heterocycles. The zero-order valence-corrected chi connectivity index (χ0v) is 14.0. The molecule has 1 atom stereocenters. The molecule has 0 radical (unpaired) electrons. The lowest BCUT2D eigenvalue weighted by molar-refractivity contribution is 0.0667. The molecule has 0 unspecified atom stereocenters. The number of hydrogen-bond acceptors (Lipinski definition) is 4. The molecule has 0 aliphatic carbocycles. The summed E-state index contributed by atoms with van der Waals surface area (Å²) in [6.07, 6.45) is 9.76. The van der Waals surface area contributed by atoms with Crippen molar-refractivity contribution in [2.75, 3.05) is 13.1 Å². The van der Waals surface area contributed by atoms with Crippen LogP contribution in [0, 0.1) is 5.92 Å². The van der Waals surface area contributed by atoms with Gasteiger partial charge in [-0.2, -0.15) is 0 Å². The van der Waals surface area contributed by atoms with Crippen LogP contribution < -0.4 is 0 Å². The summed E-state index contributed by atoms with van der Waals surface area (Å²) in [6, 6.07) is 10.4. The molecule has 25 heavy (non-hydrogen) atoms. The SMILES string of the molecule is O=C(c1cnccn1)N1CCC[C@H](Cc2cnc3ccccc3c2)C1. The molecule has 0 bridgehead atoms. The van der Waals surface area contributed by atoms with Gasteiger partial charge in [-0.25, -0.2) is 4.98 Å². The Bertz CT molecular complexity index is 881. The first kappa shape index (κ1) is 15.7. The first-order chi connectivity index (χ1) is 12.3. The summed E-state index contributed by atoms with van der Waals surface area (Å²) < 4.78 is 0. The molecule has 0 saturated carbocycles. The van der Waals surface area contributed by atoms with Crippen LogP contribution >= 0.6 is 0 Å². The molecule has 1 saturated heterocycles. The number of carbonyl (C=O) groups is 1. The molecule has 4 rings (SSSR count). The van der Waals surface area contributed by atoms with E-state index in [9.17, 15) is 4.79 Å². The van der Waals surface area contributed by atoms with Crippen LogP contribution in [0.4, 0.5) is 0 Å². The quantitative estimate of drug-likeness (QED) is 0.739. The predicted molar refractivity (Wildman–Crippen MR) is 96.1 cm³/mol. The molecular formula is C20H20N4O. The number of aromatic nitrogens is 3. The van der Waals surface area contributed by atoms with Gasteiger partial charge in [0.05, 0.1) is 11.7 Å². The minimum absolute atomic E-state index is 0.0190. The Labute approximate surface area is 146 Å². The molecule has 0 spiro atoms. The molecule has 3 heterocycles. The average Bonchev–Trinajstić information content (AvgIpc) is 2.68. The van der Waals surface area contributed by atoms with Gasteiger partial charge in [0.2, 0.25) is 0 Å². The molecule has 5 heteroatoms. The monoisotopic (exact) mass is 332 g/mol. The van der Waals surface area contributed by atoms with Gasteiger partial charge in [-0.05, 0) is 42.9 Å². The highest BCUT2D eigenvalue weighted by Gasteiger charge is 2.25. The third-order valence-electron chi connectivity index (χ3n) is 4.76. The Balaban J connectivity index is 1.46. The van der Waals surface area contributed by atoms with Crippen LogP contribution in [0.1, 0.15) is 28.9 Å². The molecular weight excluding hydrogens is 312 g/mol. The first-order valence-corrected chi connectivity index (χ1v) is 8.68. The zero-order chi connectivity index (χ0) is 17.1. The minimum Gasteiger partial charge on any atom is -0.337 e. The van der Waals surface area contributed by atoms with Gasteiger partial charge >= 0.3 is 0 Å². The molecule has 5 nitrogen and oxygen atoms in total. The Kier molecular flexibility index (Phi) is 4.37. The number of piperidine rings is 1. The van der Waals surface area contributed by atoms with Crippen LogP contribution in [0.15, 0.2) is 55.1 Å². The third-order valence-corrected chi connectivity index (χ3v) is 4.76. The van der Waals surface area contributed by atoms with Gasteiger partial charge in [-0.3, -0.25) is 14.8 Å². The third kappa shape index (κ3) is 3.50. The van der Waals surface area contributed by atoms with Gasteiger partial charge in [-0.1, -0.05) is 18.2 Å². The molecule has 1 aliphatic rings. The van der Waals surface area contributed by atoms with Crippen molar-refractivity contribution < 1.29 is 4.79 Å². The second-order valence-corrected chi connectivity index (χ2v) is 6.59. The van der Waals surface area contributed by atoms with E-state index >= 15 is 0 Å². The van der Waals surface area contributed by atoms with E-state index < -0.39 is 0 Å². The number of benzene rings is 1. The number of fused-ring (bicyclic) bond motifs is 1. The second-order valence-electron chi connectivity index (χ2n) is 6.59. The lowest BCUT2D eigenvalue weighted by atomic mass is 9.91. The standard InChI is InChI=1S/C20H20N4O/c25-20(19-13-21-7-8-22-19)24-9-3-4-15(14-24)10-16-11-17-5-1-2-6-18(17)23-12-16/h1-2,5-8,11-13,15H,3-4,9-10,14H2/t15-/m1/s1. The fourth-order valence-corrected chi connectivity index (χ4v) is 3.55. The number of pyridine rings is 1. The van der Waals surface area contributed by atoms with E-state index in [0.29, 0.717) is 11.6 Å². The summed E-state index contributed by atoms with van der Waals surface area (Å²) in [5, 5.41) is 1.17. The first-order valence-electron chi connectivity index (χ1n) is 8.68. The van der Waals surface area contributed by atoms with E-state index in [2.05, 4.69) is 27.1 Å². The molecule has 1 fully saturated rings. The number of likely N-dealkylation sites (tertiary alicyclic amines) is 1. The van der Waals surface area contributed by atoms with Crippen LogP contribution in [-0.4, -0.2) is 38.8 Å². The maximum atomic E-state index is 12.6. The molecule has 1 aromatic carbocycles. The second kappa shape index (κ2) is 6.97. The highest BCUT2D eigenvalue weighted by molar-refractivity contribution is 5.92. The van der Waals surface area contributed by atoms with Gasteiger partial charge in [0.15, 0.2) is 0 Å². The van der Waals surface area contributed by atoms with Crippen molar-refractivity contribution in [2.24, 2.45) is 5.92 Å². The van der Waals surface area contributed by atoms with Crippen molar-refractivity contribution in [1.82, 2.24) is 19.9 Å². The van der Waals surface area contributed by atoms with Crippen molar-refractivity contribution in [1.29, 1.82) is 0 Å². The Morgan fingerprint density at radius 2 is 2.08 bits per heavy atom. The molecule has 1 amide bonds. The van der Waals surface area contributed by atoms with Crippen LogP contribution in [-0.2, 0) is 6.42 Å². The van der Waals surface area contributed by atoms with Crippen molar-refractivity contribution >= 4 is 16.8 Å². The number of hydrogen-bond donors (Lipinski definition) is 0. The normalized spacial score (nSPS) is 17.6. The summed E-state index contributed by atoms with van der Waals surface area (Å²) in [7, 11) is 0. The number of rotatable bonds is 3. The maximum absolute atomic E-state index is 12.6. The minimum atomic E-state index is -0.0190. The van der Waals surface area contributed by atoms with Gasteiger partial charge in [0, 0.05) is 37.1 Å². The van der Waals surface area contributed by atoms with Gasteiger partial charge in [0.1, 0.15) is 5.69 Å². The predicted octanol–water partition coefficient (Wildman–Crippen LogP) is 3.12. The maximum Gasteiger partial charge on any atom is 0.274 e. The topological polar surface area (TPSA) is 59.0 Å². The fraction of sp³-hybridized carbons (Fsp3) is 0.300. The van der Waals surface area contributed by atoms with E-state index in [1.807, 2.05) is 29.3 Å². The van der Waals surface area contributed by atoms with Crippen molar-refractivity contribution in [3.63, 3.8) is 0 Å². The van der Waals surface area contributed by atoms with E-state index in [1.54, 1.807) is 18.6 Å². The zero-order valence-electron chi connectivity index (χ0n) is 14.0. The van der Waals surface area contributed by atoms with Crippen LogP contribution in [0.3, 0.4) is 0 Å². The van der Waals surface area contributed by atoms with E-state index in [4.69, 9.17) is 0 Å². The van der Waals surface area contributed by atoms with Gasteiger partial charge in [0.25, 0.3) is 5.91 Å². The summed E-state index contributed by atoms with van der Waals surface area (Å²) >= 11 is 0. The molecule has 0 N–H and O–H groups in total. The number of nitrogens with zero attached hydrogens (tertiary/aromatic N) is 4. The largest absolute Gasteiger partial charge is 0.337 e. The van der Waals surface area contributed by atoms with Crippen LogP contribution in [0.2, 0.25) is 0 Å². The molecule has 3 aromatic rings. The van der Waals surface area contributed by atoms with E-state index in [1.165, 1.54) is 10.9 Å². The number of para-hydroxylation sites is 1. The average molecular weight is 332 g/mol. The Hall–Kier alpha value is -2.82. The number of amides is 1. The van der Waals surface area contributed by atoms with Crippen molar-refractivity contribution in [2.45, 2.75) is 19.3 Å². The number of carbonyl (C=O) groups excluding carboxylic acids is 1. The highest BCUT2D eigenvalue weighted by Crippen LogP contribution is 2.23. The summed E-state index contributed by atoms with van der Waals surface area (Å²) in [5.41, 5.74) is 2.68. The summed E-state index contributed by atoms with van der Waals surface area (Å²) in [6.45, 7) is 1.56. The van der Waals surface area contributed by atoms with Gasteiger partial charge in [-0.15, -0.1) is 0 Å². The molecule has 2 aromatic heterocycles. The van der Waals surface area contributed by atoms with Crippen LogP contribution in [0.5, 0.6) is 0 Å². The summed E-state index contributed by atoms with van der Waals surface area (Å²) in [4.78, 5) is 27.2. The van der Waals surface area contributed by atoms with E-state index in [0.717, 1.165) is 37.9 Å². The Morgan fingerprint density at radius 1 is 1.16 bits per heavy atom. The van der Waals surface area contributed by atoms with Gasteiger partial charge < -0.3 is 4.90 Å². The van der Waals surface area contributed by atoms with Crippen LogP contribution in [0.25, 0.3) is 10.9 Å². The van der Waals surface area contributed by atoms with Crippen molar-refractivity contribution in [3.05, 3.63) is 66.4 Å². The lowest BCUT2D eigenvalue weighted by Gasteiger charge is -2.32. The highest BCUT2D eigenvalue weighted by atomic mass is 16.2. The summed E-state index contributed by atoms with van der Waals surface area (Å²) in [5.74, 6) is 0.437. The lowest BCUT2D eigenvalue weighted by Crippen LogP contribution is -2.40. The smallest absolute Gasteiger partial charge is 0.274 e. The fourth-order valence-electron chi connectivity index (χ4n) is 3.55. The van der Waals surface area contributed by atoms with Crippen molar-refractivity contribution in [3.8, 4) is 0 Å². The Morgan fingerprint density at radius 3 is 2.96 bits per heavy atom. The molecule has 126 valence electrons. The van der Waals surface area contributed by atoms with E-state index in [-0.39, 0.29) is 5.91 Å².